The van der Waals surface area contributed by atoms with Crippen molar-refractivity contribution in [2.45, 2.75) is 18.9 Å². The zero-order valence-corrected chi connectivity index (χ0v) is 18.1. The van der Waals surface area contributed by atoms with Gasteiger partial charge in [0.05, 0.1) is 0 Å². The van der Waals surface area contributed by atoms with Crippen molar-refractivity contribution in [2.24, 2.45) is 0 Å². The van der Waals surface area contributed by atoms with Crippen LogP contribution in [0.4, 0.5) is 5.69 Å². The zero-order chi connectivity index (χ0) is 22.1. The van der Waals surface area contributed by atoms with Crippen LogP contribution in [0.5, 0.6) is 0 Å². The molecule has 1 aromatic heterocycles. The van der Waals surface area contributed by atoms with Crippen LogP contribution in [0.15, 0.2) is 79.0 Å². The third-order valence-corrected chi connectivity index (χ3v) is 6.18. The minimum Gasteiger partial charge on any atom is -0.361 e. The molecule has 0 bridgehead atoms. The second-order valence-electron chi connectivity index (χ2n) is 7.93. The number of amides is 2. The molecule has 1 unspecified atom stereocenters. The number of hydrogen-bond donors (Lipinski definition) is 2. The van der Waals surface area contributed by atoms with Crippen molar-refractivity contribution in [3.05, 3.63) is 101 Å². The van der Waals surface area contributed by atoms with Gasteiger partial charge in [-0.1, -0.05) is 48.0 Å². The van der Waals surface area contributed by atoms with Crippen molar-refractivity contribution in [2.75, 3.05) is 11.4 Å². The molecule has 1 aliphatic rings. The third kappa shape index (κ3) is 3.76. The third-order valence-electron chi connectivity index (χ3n) is 5.94. The van der Waals surface area contributed by atoms with E-state index in [0.29, 0.717) is 30.0 Å². The molecule has 0 saturated heterocycles. The minimum atomic E-state index is -0.572. The van der Waals surface area contributed by atoms with Gasteiger partial charge in [-0.15, -0.1) is 0 Å². The lowest BCUT2D eigenvalue weighted by Gasteiger charge is -2.25. The number of para-hydroxylation sites is 1. The van der Waals surface area contributed by atoms with Crippen LogP contribution in [0.1, 0.15) is 21.5 Å². The van der Waals surface area contributed by atoms with Crippen molar-refractivity contribution in [3.8, 4) is 0 Å². The van der Waals surface area contributed by atoms with E-state index >= 15 is 0 Å². The molecule has 0 radical (unpaired) electrons. The molecule has 0 fully saturated rings. The summed E-state index contributed by atoms with van der Waals surface area (Å²) in [6.07, 6.45) is 3.12. The number of halogens is 1. The van der Waals surface area contributed by atoms with E-state index in [1.165, 1.54) is 0 Å². The molecule has 3 aromatic carbocycles. The molecule has 0 saturated carbocycles. The van der Waals surface area contributed by atoms with Gasteiger partial charge < -0.3 is 10.3 Å². The maximum Gasteiger partial charge on any atom is 0.259 e. The second kappa shape index (κ2) is 8.52. The SMILES string of the molecule is O=C(NCCc1c[nH]c2ccc(Cl)cc12)C1Cc2ccccc2N1C(=O)c1ccccc1. The van der Waals surface area contributed by atoms with Gasteiger partial charge in [-0.05, 0) is 53.9 Å². The summed E-state index contributed by atoms with van der Waals surface area (Å²) in [5, 5.41) is 4.77. The highest BCUT2D eigenvalue weighted by Gasteiger charge is 2.38. The lowest BCUT2D eigenvalue weighted by Crippen LogP contribution is -2.48. The molecule has 0 aliphatic carbocycles. The first-order chi connectivity index (χ1) is 15.6. The molecular weight excluding hydrogens is 422 g/mol. The topological polar surface area (TPSA) is 65.2 Å². The summed E-state index contributed by atoms with van der Waals surface area (Å²) in [6, 6.07) is 22.0. The monoisotopic (exact) mass is 443 g/mol. The van der Waals surface area contributed by atoms with E-state index in [1.807, 2.05) is 66.9 Å². The average molecular weight is 444 g/mol. The van der Waals surface area contributed by atoms with E-state index in [0.717, 1.165) is 27.7 Å². The molecule has 160 valence electrons. The van der Waals surface area contributed by atoms with Gasteiger partial charge in [-0.25, -0.2) is 0 Å². The van der Waals surface area contributed by atoms with E-state index in [9.17, 15) is 9.59 Å². The Morgan fingerprint density at radius 2 is 1.81 bits per heavy atom. The van der Waals surface area contributed by atoms with Crippen LogP contribution in [0.2, 0.25) is 5.02 Å². The van der Waals surface area contributed by atoms with Crippen LogP contribution in [-0.2, 0) is 17.6 Å². The first-order valence-corrected chi connectivity index (χ1v) is 11.0. The lowest BCUT2D eigenvalue weighted by atomic mass is 10.1. The van der Waals surface area contributed by atoms with Crippen LogP contribution in [-0.4, -0.2) is 29.4 Å². The molecular formula is C26H22ClN3O2. The summed E-state index contributed by atoms with van der Waals surface area (Å²) in [6.45, 7) is 0.471. The van der Waals surface area contributed by atoms with Crippen LogP contribution < -0.4 is 10.2 Å². The number of carbonyl (C=O) groups excluding carboxylic acids is 2. The Hall–Kier alpha value is -3.57. The molecule has 5 rings (SSSR count). The molecule has 4 aromatic rings. The van der Waals surface area contributed by atoms with Gasteiger partial charge in [-0.3, -0.25) is 14.5 Å². The standard InChI is InChI=1S/C26H22ClN3O2/c27-20-10-11-22-21(15-20)19(16-29-22)12-13-28-25(31)24-14-18-8-4-5-9-23(18)30(24)26(32)17-6-2-1-3-7-17/h1-11,15-16,24,29H,12-14H2,(H,28,31). The highest BCUT2D eigenvalue weighted by atomic mass is 35.5. The fraction of sp³-hybridized carbons (Fsp3) is 0.154. The molecule has 0 spiro atoms. The van der Waals surface area contributed by atoms with Gasteiger partial charge in [0.2, 0.25) is 5.91 Å². The Kier molecular flexibility index (Phi) is 5.41. The number of fused-ring (bicyclic) bond motifs is 2. The summed E-state index contributed by atoms with van der Waals surface area (Å²) in [7, 11) is 0. The number of H-pyrrole nitrogens is 1. The molecule has 2 heterocycles. The van der Waals surface area contributed by atoms with E-state index in [1.54, 1.807) is 17.0 Å². The largest absolute Gasteiger partial charge is 0.361 e. The Morgan fingerprint density at radius 3 is 2.66 bits per heavy atom. The number of nitrogens with one attached hydrogen (secondary N) is 2. The normalized spacial score (nSPS) is 15.0. The van der Waals surface area contributed by atoms with Crippen LogP contribution in [0.3, 0.4) is 0 Å². The lowest BCUT2D eigenvalue weighted by molar-refractivity contribution is -0.122. The Balaban J connectivity index is 1.33. The first-order valence-electron chi connectivity index (χ1n) is 10.6. The van der Waals surface area contributed by atoms with Gasteiger partial charge in [-0.2, -0.15) is 0 Å². The van der Waals surface area contributed by atoms with Crippen molar-refractivity contribution < 1.29 is 9.59 Å². The Labute approximate surface area is 191 Å². The summed E-state index contributed by atoms with van der Waals surface area (Å²) >= 11 is 6.14. The van der Waals surface area contributed by atoms with E-state index in [-0.39, 0.29) is 11.8 Å². The minimum absolute atomic E-state index is 0.150. The fourth-order valence-electron chi connectivity index (χ4n) is 4.36. The van der Waals surface area contributed by atoms with Gasteiger partial charge in [0.15, 0.2) is 0 Å². The molecule has 6 heteroatoms. The highest BCUT2D eigenvalue weighted by molar-refractivity contribution is 6.31. The van der Waals surface area contributed by atoms with E-state index in [2.05, 4.69) is 10.3 Å². The second-order valence-corrected chi connectivity index (χ2v) is 8.37. The Morgan fingerprint density at radius 1 is 1.03 bits per heavy atom. The molecule has 1 atom stereocenters. The molecule has 1 aliphatic heterocycles. The number of nitrogens with zero attached hydrogens (tertiary/aromatic N) is 1. The number of carbonyl (C=O) groups is 2. The summed E-state index contributed by atoms with van der Waals surface area (Å²) in [5.41, 5.74) is 4.48. The summed E-state index contributed by atoms with van der Waals surface area (Å²) in [4.78, 5) is 31.3. The molecule has 2 amide bonds. The highest BCUT2D eigenvalue weighted by Crippen LogP contribution is 2.33. The van der Waals surface area contributed by atoms with Crippen LogP contribution in [0, 0.1) is 0 Å². The van der Waals surface area contributed by atoms with Crippen LogP contribution >= 0.6 is 11.6 Å². The number of hydrogen-bond acceptors (Lipinski definition) is 2. The van der Waals surface area contributed by atoms with E-state index in [4.69, 9.17) is 11.6 Å². The molecule has 32 heavy (non-hydrogen) atoms. The number of aromatic nitrogens is 1. The zero-order valence-electron chi connectivity index (χ0n) is 17.3. The van der Waals surface area contributed by atoms with E-state index < -0.39 is 6.04 Å². The van der Waals surface area contributed by atoms with Gasteiger partial charge in [0.1, 0.15) is 6.04 Å². The molecule has 2 N–H and O–H groups in total. The number of rotatable bonds is 5. The van der Waals surface area contributed by atoms with Crippen molar-refractivity contribution in [1.82, 2.24) is 10.3 Å². The smallest absolute Gasteiger partial charge is 0.259 e. The maximum atomic E-state index is 13.3. The predicted molar refractivity (Wildman–Crippen MR) is 127 cm³/mol. The quantitative estimate of drug-likeness (QED) is 0.467. The molecule has 5 nitrogen and oxygen atoms in total. The number of benzene rings is 3. The van der Waals surface area contributed by atoms with Crippen molar-refractivity contribution in [1.29, 1.82) is 0 Å². The summed E-state index contributed by atoms with van der Waals surface area (Å²) < 4.78 is 0. The first kappa shape index (κ1) is 20.3. The average Bonchev–Trinajstić information content (AvgIpc) is 3.40. The number of aromatic amines is 1. The number of anilines is 1. The summed E-state index contributed by atoms with van der Waals surface area (Å²) in [5.74, 6) is -0.315. The fourth-order valence-corrected chi connectivity index (χ4v) is 4.53. The van der Waals surface area contributed by atoms with Gasteiger partial charge in [0, 0.05) is 46.3 Å². The predicted octanol–water partition coefficient (Wildman–Crippen LogP) is 4.75. The maximum absolute atomic E-state index is 13.3. The van der Waals surface area contributed by atoms with Gasteiger partial charge in [0.25, 0.3) is 5.91 Å². The van der Waals surface area contributed by atoms with Crippen molar-refractivity contribution in [3.63, 3.8) is 0 Å². The Bertz CT molecular complexity index is 1300. The van der Waals surface area contributed by atoms with Gasteiger partial charge >= 0.3 is 0 Å². The van der Waals surface area contributed by atoms with Crippen molar-refractivity contribution >= 4 is 40.0 Å². The van der Waals surface area contributed by atoms with Crippen LogP contribution in [0.25, 0.3) is 10.9 Å².